The number of carbonyl (C=O) groups is 1. The quantitative estimate of drug-likeness (QED) is 0.705. The number of rotatable bonds is 8. The average Bonchev–Trinajstić information content (AvgIpc) is 3.21. The molecule has 2 aromatic carbocycles. The first-order valence-electron chi connectivity index (χ1n) is 9.18. The van der Waals surface area contributed by atoms with Gasteiger partial charge in [0.05, 0.1) is 11.0 Å². The molecule has 0 bridgehead atoms. The molecular weight excluding hydrogens is 380 g/mol. The summed E-state index contributed by atoms with van der Waals surface area (Å²) in [5.41, 5.74) is 0.492. The molecule has 1 saturated heterocycles. The maximum Gasteiger partial charge on any atom is 0.265 e. The molecule has 7 nitrogen and oxygen atoms in total. The van der Waals surface area contributed by atoms with Gasteiger partial charge in [-0.1, -0.05) is 18.2 Å². The largest absolute Gasteiger partial charge is 0.481 e. The number of ether oxygens (including phenoxy) is 2. The second-order valence-corrected chi connectivity index (χ2v) is 8.34. The third-order valence-corrected chi connectivity index (χ3v) is 5.82. The van der Waals surface area contributed by atoms with Crippen LogP contribution in [0.15, 0.2) is 59.5 Å². The third kappa shape index (κ3) is 5.54. The number of para-hydroxylation sites is 1. The van der Waals surface area contributed by atoms with Gasteiger partial charge in [-0.3, -0.25) is 4.79 Å². The minimum atomic E-state index is -3.62. The van der Waals surface area contributed by atoms with Gasteiger partial charge in [-0.25, -0.2) is 13.1 Å². The summed E-state index contributed by atoms with van der Waals surface area (Å²) in [7, 11) is -3.62. The molecule has 28 heavy (non-hydrogen) atoms. The Labute approximate surface area is 165 Å². The summed E-state index contributed by atoms with van der Waals surface area (Å²) in [5, 5.41) is 2.72. The number of carbonyl (C=O) groups excluding carboxylic acids is 1. The predicted molar refractivity (Wildman–Crippen MR) is 106 cm³/mol. The van der Waals surface area contributed by atoms with E-state index in [0.29, 0.717) is 18.0 Å². The molecule has 0 aliphatic carbocycles. The molecule has 1 aliphatic heterocycles. The Morgan fingerprint density at radius 2 is 1.89 bits per heavy atom. The van der Waals surface area contributed by atoms with Gasteiger partial charge in [0.1, 0.15) is 5.75 Å². The zero-order valence-corrected chi connectivity index (χ0v) is 16.4. The van der Waals surface area contributed by atoms with E-state index in [2.05, 4.69) is 10.0 Å². The second kappa shape index (κ2) is 9.18. The van der Waals surface area contributed by atoms with Crippen LogP contribution in [0, 0.1) is 0 Å². The Balaban J connectivity index is 1.55. The summed E-state index contributed by atoms with van der Waals surface area (Å²) in [6.45, 7) is 2.58. The van der Waals surface area contributed by atoms with Crippen LogP contribution in [0.2, 0.25) is 0 Å². The molecule has 1 amide bonds. The van der Waals surface area contributed by atoms with Crippen molar-refractivity contribution >= 4 is 21.6 Å². The minimum Gasteiger partial charge on any atom is -0.481 e. The summed E-state index contributed by atoms with van der Waals surface area (Å²) >= 11 is 0. The molecular formula is C20H24N2O5S. The number of hydrogen-bond donors (Lipinski definition) is 2. The Kier molecular flexibility index (Phi) is 6.66. The van der Waals surface area contributed by atoms with E-state index in [0.717, 1.165) is 12.8 Å². The molecule has 1 heterocycles. The number of amides is 1. The van der Waals surface area contributed by atoms with Crippen molar-refractivity contribution in [1.29, 1.82) is 0 Å². The van der Waals surface area contributed by atoms with Gasteiger partial charge in [0.15, 0.2) is 6.10 Å². The zero-order valence-electron chi connectivity index (χ0n) is 15.6. The first kappa shape index (κ1) is 20.3. The van der Waals surface area contributed by atoms with E-state index in [1.54, 1.807) is 31.2 Å². The Hall–Kier alpha value is -2.42. The number of nitrogens with one attached hydrogen (secondary N) is 2. The van der Waals surface area contributed by atoms with Gasteiger partial charge in [0.2, 0.25) is 10.0 Å². The van der Waals surface area contributed by atoms with Gasteiger partial charge < -0.3 is 14.8 Å². The van der Waals surface area contributed by atoms with Crippen LogP contribution in [0.4, 0.5) is 5.69 Å². The van der Waals surface area contributed by atoms with Gasteiger partial charge >= 0.3 is 0 Å². The molecule has 150 valence electrons. The Bertz CT molecular complexity index is 879. The van der Waals surface area contributed by atoms with Crippen LogP contribution in [-0.4, -0.2) is 39.7 Å². The van der Waals surface area contributed by atoms with Crippen LogP contribution in [-0.2, 0) is 19.6 Å². The molecule has 1 fully saturated rings. The molecule has 8 heteroatoms. The molecule has 0 radical (unpaired) electrons. The van der Waals surface area contributed by atoms with E-state index in [1.807, 2.05) is 18.2 Å². The first-order chi connectivity index (χ1) is 13.4. The van der Waals surface area contributed by atoms with E-state index in [1.165, 1.54) is 12.1 Å². The van der Waals surface area contributed by atoms with Crippen molar-refractivity contribution in [2.45, 2.75) is 36.9 Å². The van der Waals surface area contributed by atoms with Crippen molar-refractivity contribution in [3.63, 3.8) is 0 Å². The van der Waals surface area contributed by atoms with E-state index < -0.39 is 16.1 Å². The maximum absolute atomic E-state index is 12.4. The van der Waals surface area contributed by atoms with Crippen molar-refractivity contribution in [2.75, 3.05) is 18.5 Å². The molecule has 0 saturated carbocycles. The van der Waals surface area contributed by atoms with Crippen molar-refractivity contribution in [2.24, 2.45) is 0 Å². The predicted octanol–water partition coefficient (Wildman–Crippen LogP) is 2.55. The van der Waals surface area contributed by atoms with Gasteiger partial charge in [-0.05, 0) is 56.2 Å². The fourth-order valence-corrected chi connectivity index (χ4v) is 3.88. The van der Waals surface area contributed by atoms with Crippen molar-refractivity contribution in [3.8, 4) is 5.75 Å². The van der Waals surface area contributed by atoms with Crippen molar-refractivity contribution < 1.29 is 22.7 Å². The number of anilines is 1. The molecule has 0 aromatic heterocycles. The summed E-state index contributed by atoms with van der Waals surface area (Å²) in [6.07, 6.45) is 1.04. The molecule has 2 aromatic rings. The lowest BCUT2D eigenvalue weighted by Crippen LogP contribution is -2.32. The molecule has 2 N–H and O–H groups in total. The van der Waals surface area contributed by atoms with Gasteiger partial charge in [-0.2, -0.15) is 0 Å². The van der Waals surface area contributed by atoms with Crippen LogP contribution in [0.5, 0.6) is 5.75 Å². The summed E-state index contributed by atoms with van der Waals surface area (Å²) in [4.78, 5) is 12.4. The van der Waals surface area contributed by atoms with E-state index in [-0.39, 0.29) is 23.5 Å². The monoisotopic (exact) mass is 404 g/mol. The van der Waals surface area contributed by atoms with Crippen LogP contribution in [0.1, 0.15) is 19.8 Å². The van der Waals surface area contributed by atoms with E-state index in [4.69, 9.17) is 9.47 Å². The highest BCUT2D eigenvalue weighted by atomic mass is 32.2. The first-order valence-corrected chi connectivity index (χ1v) is 10.7. The fraction of sp³-hybridized carbons (Fsp3) is 0.350. The number of hydrogen-bond acceptors (Lipinski definition) is 5. The normalized spacial score (nSPS) is 17.8. The lowest BCUT2D eigenvalue weighted by molar-refractivity contribution is -0.122. The molecule has 2 atom stereocenters. The lowest BCUT2D eigenvalue weighted by atomic mass is 10.2. The topological polar surface area (TPSA) is 93.7 Å². The summed E-state index contributed by atoms with van der Waals surface area (Å²) in [5.74, 6) is 0.278. The van der Waals surface area contributed by atoms with Crippen LogP contribution in [0.3, 0.4) is 0 Å². The molecule has 0 unspecified atom stereocenters. The van der Waals surface area contributed by atoms with Gasteiger partial charge in [0.25, 0.3) is 5.91 Å². The van der Waals surface area contributed by atoms with Crippen LogP contribution >= 0.6 is 0 Å². The number of sulfonamides is 1. The number of benzene rings is 2. The van der Waals surface area contributed by atoms with E-state index >= 15 is 0 Å². The fourth-order valence-electron chi connectivity index (χ4n) is 2.81. The highest BCUT2D eigenvalue weighted by Gasteiger charge is 2.20. The van der Waals surface area contributed by atoms with Gasteiger partial charge in [0, 0.05) is 18.8 Å². The van der Waals surface area contributed by atoms with E-state index in [9.17, 15) is 13.2 Å². The maximum atomic E-state index is 12.4. The minimum absolute atomic E-state index is 0.0700. The molecule has 1 aliphatic rings. The van der Waals surface area contributed by atoms with Crippen molar-refractivity contribution in [1.82, 2.24) is 4.72 Å². The van der Waals surface area contributed by atoms with Crippen LogP contribution < -0.4 is 14.8 Å². The zero-order chi connectivity index (χ0) is 20.0. The Morgan fingerprint density at radius 3 is 2.54 bits per heavy atom. The standard InChI is InChI=1S/C20H24N2O5S/c1-15(27-17-6-3-2-4-7-17)20(23)22-16-9-11-19(12-10-16)28(24,25)21-14-18-8-5-13-26-18/h2-4,6-7,9-12,15,18,21H,5,8,13-14H2,1H3,(H,22,23)/t15-,18+/m1/s1. The summed E-state index contributed by atoms with van der Waals surface area (Å²) in [6, 6.07) is 15.1. The highest BCUT2D eigenvalue weighted by Crippen LogP contribution is 2.17. The SMILES string of the molecule is C[C@@H](Oc1ccccc1)C(=O)Nc1ccc(S(=O)(=O)NC[C@@H]2CCCO2)cc1. The molecule has 0 spiro atoms. The highest BCUT2D eigenvalue weighted by molar-refractivity contribution is 7.89. The molecule has 3 rings (SSSR count). The van der Waals surface area contributed by atoms with Gasteiger partial charge in [-0.15, -0.1) is 0 Å². The van der Waals surface area contributed by atoms with Crippen LogP contribution in [0.25, 0.3) is 0 Å². The second-order valence-electron chi connectivity index (χ2n) is 6.57. The lowest BCUT2D eigenvalue weighted by Gasteiger charge is -2.15. The Morgan fingerprint density at radius 1 is 1.18 bits per heavy atom. The van der Waals surface area contributed by atoms with Crippen molar-refractivity contribution in [3.05, 3.63) is 54.6 Å². The summed E-state index contributed by atoms with van der Waals surface area (Å²) < 4.78 is 38.3. The smallest absolute Gasteiger partial charge is 0.265 e. The third-order valence-electron chi connectivity index (χ3n) is 4.38. The average molecular weight is 404 g/mol.